The summed E-state index contributed by atoms with van der Waals surface area (Å²) in [5.41, 5.74) is 9.54. The zero-order valence-electron chi connectivity index (χ0n) is 11.4. The van der Waals surface area contributed by atoms with Crippen molar-refractivity contribution in [3.8, 4) is 0 Å². The quantitative estimate of drug-likeness (QED) is 0.824. The second-order valence-electron chi connectivity index (χ2n) is 6.22. The highest BCUT2D eigenvalue weighted by atomic mass is 15.2. The van der Waals surface area contributed by atoms with Crippen molar-refractivity contribution in [3.63, 3.8) is 0 Å². The average molecular weight is 245 g/mol. The molecular weight excluding hydrogens is 222 g/mol. The van der Waals surface area contributed by atoms with E-state index in [1.165, 1.54) is 37.1 Å². The monoisotopic (exact) mass is 245 g/mol. The highest BCUT2D eigenvalue weighted by Crippen LogP contribution is 2.50. The van der Waals surface area contributed by atoms with Gasteiger partial charge in [0, 0.05) is 24.5 Å². The summed E-state index contributed by atoms with van der Waals surface area (Å²) in [5.74, 6) is 0. The Bertz CT molecular complexity index is 433. The maximum atomic E-state index is 6.52. The van der Waals surface area contributed by atoms with Crippen LogP contribution in [0.25, 0.3) is 0 Å². The van der Waals surface area contributed by atoms with Gasteiger partial charge in [0.2, 0.25) is 0 Å². The molecule has 2 heterocycles. The lowest BCUT2D eigenvalue weighted by molar-refractivity contribution is 0.0710. The van der Waals surface area contributed by atoms with Gasteiger partial charge in [-0.05, 0) is 68.8 Å². The molecular formula is C15H23N3. The summed E-state index contributed by atoms with van der Waals surface area (Å²) in [7, 11) is 0. The highest BCUT2D eigenvalue weighted by Gasteiger charge is 2.46. The predicted octanol–water partition coefficient (Wildman–Crippen LogP) is 2.13. The van der Waals surface area contributed by atoms with E-state index in [-0.39, 0.29) is 6.04 Å². The fourth-order valence-electron chi connectivity index (χ4n) is 3.67. The molecule has 0 bridgehead atoms. The highest BCUT2D eigenvalue weighted by molar-refractivity contribution is 5.35. The van der Waals surface area contributed by atoms with Gasteiger partial charge in [0.1, 0.15) is 0 Å². The summed E-state index contributed by atoms with van der Waals surface area (Å²) in [6.45, 7) is 6.94. The van der Waals surface area contributed by atoms with Gasteiger partial charge in [0.15, 0.2) is 0 Å². The summed E-state index contributed by atoms with van der Waals surface area (Å²) in [6, 6.07) is 3.00. The van der Waals surface area contributed by atoms with Gasteiger partial charge >= 0.3 is 0 Å². The lowest BCUT2D eigenvalue weighted by Crippen LogP contribution is -2.46. The summed E-state index contributed by atoms with van der Waals surface area (Å²) < 4.78 is 0. The third kappa shape index (κ3) is 1.77. The van der Waals surface area contributed by atoms with Crippen LogP contribution in [0, 0.1) is 5.41 Å². The Morgan fingerprint density at radius 3 is 2.72 bits per heavy atom. The van der Waals surface area contributed by atoms with Gasteiger partial charge in [0.05, 0.1) is 0 Å². The molecule has 3 heteroatoms. The molecule has 1 fully saturated rings. The van der Waals surface area contributed by atoms with E-state index in [2.05, 4.69) is 29.8 Å². The lowest BCUT2D eigenvalue weighted by atomic mass is 9.73. The third-order valence-corrected chi connectivity index (χ3v) is 5.01. The molecule has 1 spiro atoms. The van der Waals surface area contributed by atoms with Gasteiger partial charge in [-0.1, -0.05) is 0 Å². The number of hydrogen-bond acceptors (Lipinski definition) is 3. The third-order valence-electron chi connectivity index (χ3n) is 5.01. The van der Waals surface area contributed by atoms with Crippen LogP contribution < -0.4 is 5.73 Å². The van der Waals surface area contributed by atoms with Gasteiger partial charge in [-0.25, -0.2) is 0 Å². The number of piperidine rings is 1. The zero-order valence-corrected chi connectivity index (χ0v) is 11.4. The van der Waals surface area contributed by atoms with Gasteiger partial charge in [-0.2, -0.15) is 0 Å². The van der Waals surface area contributed by atoms with Crippen LogP contribution >= 0.6 is 0 Å². The second-order valence-corrected chi connectivity index (χ2v) is 6.22. The molecule has 98 valence electrons. The molecule has 2 N–H and O–H groups in total. The number of aromatic nitrogens is 1. The molecule has 1 saturated heterocycles. The standard InChI is InChI=1S/C15H23N3/c1-11(2)18-7-4-15(5-8-18)9-12-3-6-17-10-13(12)14(15)16/h3,6,10-11,14H,4-5,7-9,16H2,1-2H3/t14-/m1/s1. The molecule has 0 aromatic carbocycles. The molecule has 0 radical (unpaired) electrons. The van der Waals surface area contributed by atoms with E-state index in [0.29, 0.717) is 11.5 Å². The number of likely N-dealkylation sites (tertiary alicyclic amines) is 1. The largest absolute Gasteiger partial charge is 0.323 e. The SMILES string of the molecule is CC(C)N1CCC2(CC1)Cc1ccncc1[C@H]2N. The Kier molecular flexibility index (Phi) is 2.91. The van der Waals surface area contributed by atoms with Crippen molar-refractivity contribution in [2.24, 2.45) is 11.1 Å². The van der Waals surface area contributed by atoms with Crippen molar-refractivity contribution < 1.29 is 0 Å². The van der Waals surface area contributed by atoms with E-state index in [9.17, 15) is 0 Å². The fourth-order valence-corrected chi connectivity index (χ4v) is 3.67. The van der Waals surface area contributed by atoms with E-state index in [4.69, 9.17) is 5.73 Å². The van der Waals surface area contributed by atoms with Gasteiger partial charge in [-0.15, -0.1) is 0 Å². The topological polar surface area (TPSA) is 42.2 Å². The first-order chi connectivity index (χ1) is 8.62. The van der Waals surface area contributed by atoms with Crippen LogP contribution in [0.5, 0.6) is 0 Å². The Morgan fingerprint density at radius 2 is 2.11 bits per heavy atom. The van der Waals surface area contributed by atoms with Crippen molar-refractivity contribution in [3.05, 3.63) is 29.6 Å². The van der Waals surface area contributed by atoms with Crippen LogP contribution in [0.3, 0.4) is 0 Å². The zero-order chi connectivity index (χ0) is 12.8. The molecule has 0 amide bonds. The molecule has 0 unspecified atom stereocenters. The summed E-state index contributed by atoms with van der Waals surface area (Å²) in [4.78, 5) is 6.81. The molecule has 1 aromatic heterocycles. The van der Waals surface area contributed by atoms with E-state index < -0.39 is 0 Å². The Labute approximate surface area is 109 Å². The molecule has 1 aliphatic carbocycles. The normalized spacial score (nSPS) is 26.8. The lowest BCUT2D eigenvalue weighted by Gasteiger charge is -2.43. The maximum absolute atomic E-state index is 6.52. The number of fused-ring (bicyclic) bond motifs is 1. The van der Waals surface area contributed by atoms with Crippen LogP contribution in [-0.4, -0.2) is 29.0 Å². The van der Waals surface area contributed by atoms with E-state index >= 15 is 0 Å². The Hall–Kier alpha value is -0.930. The molecule has 1 aromatic rings. The number of nitrogens with zero attached hydrogens (tertiary/aromatic N) is 2. The number of pyridine rings is 1. The minimum Gasteiger partial charge on any atom is -0.323 e. The second kappa shape index (κ2) is 4.32. The fraction of sp³-hybridized carbons (Fsp3) is 0.667. The molecule has 3 rings (SSSR count). The van der Waals surface area contributed by atoms with Crippen LogP contribution in [0.1, 0.15) is 43.9 Å². The smallest absolute Gasteiger partial charge is 0.0374 e. The van der Waals surface area contributed by atoms with Crippen molar-refractivity contribution in [2.75, 3.05) is 13.1 Å². The summed E-state index contributed by atoms with van der Waals surface area (Å²) in [6.07, 6.45) is 7.47. The summed E-state index contributed by atoms with van der Waals surface area (Å²) in [5, 5.41) is 0. The Morgan fingerprint density at radius 1 is 1.39 bits per heavy atom. The number of hydrogen-bond donors (Lipinski definition) is 1. The van der Waals surface area contributed by atoms with Crippen LogP contribution in [-0.2, 0) is 6.42 Å². The van der Waals surface area contributed by atoms with Crippen LogP contribution in [0.2, 0.25) is 0 Å². The molecule has 1 aliphatic heterocycles. The molecule has 18 heavy (non-hydrogen) atoms. The minimum atomic E-state index is 0.190. The minimum absolute atomic E-state index is 0.190. The first kappa shape index (κ1) is 12.1. The molecule has 3 nitrogen and oxygen atoms in total. The maximum Gasteiger partial charge on any atom is 0.0374 e. The molecule has 2 aliphatic rings. The summed E-state index contributed by atoms with van der Waals surface area (Å²) >= 11 is 0. The predicted molar refractivity (Wildman–Crippen MR) is 73.2 cm³/mol. The van der Waals surface area contributed by atoms with Crippen molar-refractivity contribution >= 4 is 0 Å². The average Bonchev–Trinajstić information content (AvgIpc) is 2.64. The van der Waals surface area contributed by atoms with Crippen molar-refractivity contribution in [1.29, 1.82) is 0 Å². The van der Waals surface area contributed by atoms with Gasteiger partial charge < -0.3 is 10.6 Å². The van der Waals surface area contributed by atoms with Crippen molar-refractivity contribution in [1.82, 2.24) is 9.88 Å². The number of nitrogens with two attached hydrogens (primary N) is 1. The number of rotatable bonds is 1. The molecule has 1 atom stereocenters. The first-order valence-corrected chi connectivity index (χ1v) is 7.05. The van der Waals surface area contributed by atoms with Gasteiger partial charge in [-0.3, -0.25) is 4.98 Å². The van der Waals surface area contributed by atoms with Crippen molar-refractivity contribution in [2.45, 2.75) is 45.2 Å². The first-order valence-electron chi connectivity index (χ1n) is 7.05. The van der Waals surface area contributed by atoms with E-state index in [0.717, 1.165) is 6.42 Å². The van der Waals surface area contributed by atoms with E-state index in [1.807, 2.05) is 12.4 Å². The van der Waals surface area contributed by atoms with Crippen LogP contribution in [0.15, 0.2) is 18.5 Å². The van der Waals surface area contributed by atoms with E-state index in [1.54, 1.807) is 0 Å². The Balaban J connectivity index is 1.80. The van der Waals surface area contributed by atoms with Crippen LogP contribution in [0.4, 0.5) is 0 Å². The van der Waals surface area contributed by atoms with Gasteiger partial charge in [0.25, 0.3) is 0 Å². The molecule has 0 saturated carbocycles.